The molecule has 0 bridgehead atoms. The number of amides is 1. The minimum Gasteiger partial charge on any atom is -0.301 e. The molecule has 0 atom stereocenters. The Labute approximate surface area is 199 Å². The van der Waals surface area contributed by atoms with Crippen LogP contribution < -0.4 is 5.32 Å². The lowest BCUT2D eigenvalue weighted by molar-refractivity contribution is -0.117. The summed E-state index contributed by atoms with van der Waals surface area (Å²) in [5.41, 5.74) is 3.92. The molecule has 0 radical (unpaired) electrons. The number of rotatable bonds is 6. The Morgan fingerprint density at radius 3 is 2.61 bits per heavy atom. The third-order valence-corrected chi connectivity index (χ3v) is 7.44. The fourth-order valence-electron chi connectivity index (χ4n) is 3.88. The summed E-state index contributed by atoms with van der Waals surface area (Å²) in [5, 5.41) is 6.67. The number of carbonyl (C=O) groups excluding carboxylic acids is 1. The maximum atomic E-state index is 13.1. The van der Waals surface area contributed by atoms with E-state index in [-0.39, 0.29) is 11.7 Å². The van der Waals surface area contributed by atoms with E-state index in [1.807, 2.05) is 17.5 Å². The number of piperazine rings is 1. The van der Waals surface area contributed by atoms with Gasteiger partial charge in [0.2, 0.25) is 5.91 Å². The summed E-state index contributed by atoms with van der Waals surface area (Å²) in [5.74, 6) is -0.265. The number of hydrogen-bond donors (Lipinski definition) is 1. The Bertz CT molecular complexity index is 1260. The van der Waals surface area contributed by atoms with Crippen LogP contribution in [0.2, 0.25) is 0 Å². The number of thiazole rings is 2. The van der Waals surface area contributed by atoms with Gasteiger partial charge >= 0.3 is 0 Å². The summed E-state index contributed by atoms with van der Waals surface area (Å²) in [6.45, 7) is 6.66. The highest BCUT2D eigenvalue weighted by Crippen LogP contribution is 2.27. The average Bonchev–Trinajstić information content (AvgIpc) is 3.42. The molecule has 1 aliphatic rings. The fourth-order valence-corrected chi connectivity index (χ4v) is 5.71. The lowest BCUT2D eigenvalue weighted by Crippen LogP contribution is -2.48. The first-order chi connectivity index (χ1) is 16.0. The van der Waals surface area contributed by atoms with Gasteiger partial charge in [-0.25, -0.2) is 14.4 Å². The van der Waals surface area contributed by atoms with Crippen molar-refractivity contribution in [1.29, 1.82) is 0 Å². The van der Waals surface area contributed by atoms with Crippen molar-refractivity contribution in [3.63, 3.8) is 0 Å². The Balaban J connectivity index is 1.10. The van der Waals surface area contributed by atoms with Crippen molar-refractivity contribution in [3.05, 3.63) is 64.2 Å². The highest BCUT2D eigenvalue weighted by atomic mass is 32.1. The van der Waals surface area contributed by atoms with E-state index in [1.54, 1.807) is 23.5 Å². The second-order valence-corrected chi connectivity index (χ2v) is 10.2. The second-order valence-electron chi connectivity index (χ2n) is 8.22. The minimum atomic E-state index is -0.240. The largest absolute Gasteiger partial charge is 0.301 e. The van der Waals surface area contributed by atoms with E-state index in [1.165, 1.54) is 29.0 Å². The SMILES string of the molecule is Cc1ccc2nc(NC(=O)CN3CCN(Cc4nc(-c5ccc(F)cc5)cs4)CC3)sc2c1. The third-order valence-electron chi connectivity index (χ3n) is 5.67. The van der Waals surface area contributed by atoms with Gasteiger partial charge in [-0.15, -0.1) is 11.3 Å². The Hall–Kier alpha value is -2.72. The van der Waals surface area contributed by atoms with Crippen molar-refractivity contribution < 1.29 is 9.18 Å². The molecule has 1 saturated heterocycles. The number of aryl methyl sites for hydroxylation is 1. The first-order valence-electron chi connectivity index (χ1n) is 10.8. The van der Waals surface area contributed by atoms with Crippen molar-refractivity contribution >= 4 is 43.9 Å². The number of fused-ring (bicyclic) bond motifs is 1. The van der Waals surface area contributed by atoms with E-state index < -0.39 is 0 Å². The topological polar surface area (TPSA) is 61.4 Å². The molecule has 3 heterocycles. The van der Waals surface area contributed by atoms with E-state index >= 15 is 0 Å². The van der Waals surface area contributed by atoms with Crippen molar-refractivity contribution in [2.45, 2.75) is 13.5 Å². The molecular weight excluding hydrogens is 457 g/mol. The Kier molecular flexibility index (Phi) is 6.45. The zero-order chi connectivity index (χ0) is 22.8. The number of aromatic nitrogens is 2. The molecule has 0 unspecified atom stereocenters. The summed E-state index contributed by atoms with van der Waals surface area (Å²) < 4.78 is 14.2. The third kappa shape index (κ3) is 5.44. The molecule has 1 amide bonds. The number of halogens is 1. The van der Waals surface area contributed by atoms with Crippen LogP contribution in [0.3, 0.4) is 0 Å². The van der Waals surface area contributed by atoms with E-state index in [4.69, 9.17) is 4.98 Å². The summed E-state index contributed by atoms with van der Waals surface area (Å²) in [6, 6.07) is 12.5. The van der Waals surface area contributed by atoms with Gasteiger partial charge < -0.3 is 5.32 Å². The highest BCUT2D eigenvalue weighted by Gasteiger charge is 2.20. The van der Waals surface area contributed by atoms with Gasteiger partial charge in [0.25, 0.3) is 0 Å². The second kappa shape index (κ2) is 9.64. The minimum absolute atomic E-state index is 0.0249. The van der Waals surface area contributed by atoms with Crippen LogP contribution >= 0.6 is 22.7 Å². The Morgan fingerprint density at radius 1 is 1.06 bits per heavy atom. The summed E-state index contributed by atoms with van der Waals surface area (Å²) in [6.07, 6.45) is 0. The van der Waals surface area contributed by atoms with Crippen LogP contribution in [0.5, 0.6) is 0 Å². The van der Waals surface area contributed by atoms with Crippen LogP contribution in [0.25, 0.3) is 21.5 Å². The van der Waals surface area contributed by atoms with Crippen LogP contribution in [-0.4, -0.2) is 58.4 Å². The average molecular weight is 482 g/mol. The summed E-state index contributed by atoms with van der Waals surface area (Å²) >= 11 is 3.14. The number of hydrogen-bond acceptors (Lipinski definition) is 7. The number of benzene rings is 2. The molecule has 170 valence electrons. The van der Waals surface area contributed by atoms with E-state index in [9.17, 15) is 9.18 Å². The van der Waals surface area contributed by atoms with E-state index in [0.29, 0.717) is 11.7 Å². The van der Waals surface area contributed by atoms with Crippen LogP contribution in [0.4, 0.5) is 9.52 Å². The van der Waals surface area contributed by atoms with Crippen LogP contribution in [0.1, 0.15) is 10.6 Å². The molecule has 5 rings (SSSR count). The van der Waals surface area contributed by atoms with Gasteiger partial charge in [0, 0.05) is 37.1 Å². The van der Waals surface area contributed by atoms with Gasteiger partial charge in [-0.05, 0) is 48.9 Å². The van der Waals surface area contributed by atoms with Crippen LogP contribution in [0.15, 0.2) is 47.8 Å². The van der Waals surface area contributed by atoms with Crippen LogP contribution in [0, 0.1) is 12.7 Å². The molecule has 2 aromatic heterocycles. The fraction of sp³-hybridized carbons (Fsp3) is 0.292. The molecule has 0 spiro atoms. The quantitative estimate of drug-likeness (QED) is 0.435. The van der Waals surface area contributed by atoms with Gasteiger partial charge in [-0.1, -0.05) is 17.4 Å². The first kappa shape index (κ1) is 22.1. The van der Waals surface area contributed by atoms with Crippen LogP contribution in [-0.2, 0) is 11.3 Å². The highest BCUT2D eigenvalue weighted by molar-refractivity contribution is 7.22. The number of carbonyl (C=O) groups is 1. The van der Waals surface area contributed by atoms with Crippen molar-refractivity contribution in [2.24, 2.45) is 0 Å². The van der Waals surface area contributed by atoms with E-state index in [2.05, 4.69) is 33.1 Å². The summed E-state index contributed by atoms with van der Waals surface area (Å²) in [4.78, 5) is 26.3. The molecular formula is C24H24FN5OS2. The predicted molar refractivity (Wildman–Crippen MR) is 132 cm³/mol. The standard InChI is InChI=1S/C24H24FN5OS2/c1-16-2-7-19-21(12-16)33-24(27-19)28-22(31)13-29-8-10-30(11-9-29)14-23-26-20(15-32-23)17-3-5-18(25)6-4-17/h2-7,12,15H,8-11,13-14H2,1H3,(H,27,28,31). The zero-order valence-electron chi connectivity index (χ0n) is 18.3. The first-order valence-corrected chi connectivity index (χ1v) is 12.5. The zero-order valence-corrected chi connectivity index (χ0v) is 19.9. The lowest BCUT2D eigenvalue weighted by Gasteiger charge is -2.33. The maximum Gasteiger partial charge on any atom is 0.240 e. The number of nitrogens with one attached hydrogen (secondary N) is 1. The van der Waals surface area contributed by atoms with Crippen molar-refractivity contribution in [3.8, 4) is 11.3 Å². The molecule has 4 aromatic rings. The molecule has 1 aliphatic heterocycles. The molecule has 1 fully saturated rings. The molecule has 0 aliphatic carbocycles. The monoisotopic (exact) mass is 481 g/mol. The van der Waals surface area contributed by atoms with Crippen molar-refractivity contribution in [1.82, 2.24) is 19.8 Å². The molecule has 0 saturated carbocycles. The number of anilines is 1. The normalized spacial score (nSPS) is 15.2. The molecule has 1 N–H and O–H groups in total. The van der Waals surface area contributed by atoms with E-state index in [0.717, 1.165) is 59.2 Å². The molecule has 9 heteroatoms. The smallest absolute Gasteiger partial charge is 0.240 e. The Morgan fingerprint density at radius 2 is 1.82 bits per heavy atom. The summed E-state index contributed by atoms with van der Waals surface area (Å²) in [7, 11) is 0. The van der Waals surface area contributed by atoms with Gasteiger partial charge in [-0.3, -0.25) is 14.6 Å². The van der Waals surface area contributed by atoms with Gasteiger partial charge in [0.15, 0.2) is 5.13 Å². The predicted octanol–water partition coefficient (Wildman–Crippen LogP) is 4.62. The molecule has 33 heavy (non-hydrogen) atoms. The van der Waals surface area contributed by atoms with Gasteiger partial charge in [0.1, 0.15) is 10.8 Å². The van der Waals surface area contributed by atoms with Gasteiger partial charge in [-0.2, -0.15) is 0 Å². The maximum absolute atomic E-state index is 13.1. The molecule has 2 aromatic carbocycles. The number of nitrogens with zero attached hydrogens (tertiary/aromatic N) is 4. The van der Waals surface area contributed by atoms with Gasteiger partial charge in [0.05, 0.1) is 29.0 Å². The lowest BCUT2D eigenvalue weighted by atomic mass is 10.2. The van der Waals surface area contributed by atoms with Crippen molar-refractivity contribution in [2.75, 3.05) is 38.0 Å². The molecule has 6 nitrogen and oxygen atoms in total.